The molecule has 36 heavy (non-hydrogen) atoms. The Bertz CT molecular complexity index is 1150. The van der Waals surface area contributed by atoms with Crippen LogP contribution in [0.25, 0.3) is 0 Å². The van der Waals surface area contributed by atoms with Gasteiger partial charge in [0.15, 0.2) is 11.5 Å². The number of rotatable bonds is 9. The van der Waals surface area contributed by atoms with E-state index >= 15 is 0 Å². The number of carbonyl (C=O) groups excluding carboxylic acids is 3. The Labute approximate surface area is 216 Å². The number of ether oxygens (including phenoxy) is 2. The van der Waals surface area contributed by atoms with Crippen molar-refractivity contribution in [3.63, 3.8) is 0 Å². The molecular formula is C25H28ClN3O6S. The Balaban J connectivity index is 1.39. The summed E-state index contributed by atoms with van der Waals surface area (Å²) in [5, 5.41) is 6.14. The van der Waals surface area contributed by atoms with Crippen molar-refractivity contribution in [1.29, 1.82) is 0 Å². The van der Waals surface area contributed by atoms with Gasteiger partial charge in [-0.1, -0.05) is 24.4 Å². The highest BCUT2D eigenvalue weighted by molar-refractivity contribution is 7.86. The number of benzene rings is 2. The first kappa shape index (κ1) is 26.0. The topological polar surface area (TPSA) is 114 Å². The van der Waals surface area contributed by atoms with Crippen LogP contribution in [0.15, 0.2) is 42.5 Å². The molecule has 0 radical (unpaired) electrons. The van der Waals surface area contributed by atoms with Crippen LogP contribution in [0.3, 0.4) is 0 Å². The van der Waals surface area contributed by atoms with E-state index in [9.17, 15) is 18.6 Å². The summed E-state index contributed by atoms with van der Waals surface area (Å²) in [6, 6.07) is 10.7. The number of nitrogens with zero attached hydrogens (tertiary/aromatic N) is 1. The van der Waals surface area contributed by atoms with Gasteiger partial charge in [0.05, 0.1) is 0 Å². The minimum atomic E-state index is -1.80. The SMILES string of the molecule is C[C@@H](C(=O)NC1CCCC1)N(C(=O)C[S@](=O)CC(=O)Nc1ccc2c(c1)OCO2)c1ccc(Cl)cc1. The molecular weight excluding hydrogens is 506 g/mol. The maximum Gasteiger partial charge on any atom is 0.243 e. The van der Waals surface area contributed by atoms with Crippen LogP contribution in [0, 0.1) is 0 Å². The predicted molar refractivity (Wildman–Crippen MR) is 138 cm³/mol. The molecule has 2 atom stereocenters. The van der Waals surface area contributed by atoms with Crippen LogP contribution in [0.4, 0.5) is 11.4 Å². The average molecular weight is 534 g/mol. The van der Waals surface area contributed by atoms with E-state index in [4.69, 9.17) is 21.1 Å². The van der Waals surface area contributed by atoms with Crippen molar-refractivity contribution >= 4 is 51.5 Å². The second-order valence-electron chi connectivity index (χ2n) is 8.75. The highest BCUT2D eigenvalue weighted by Crippen LogP contribution is 2.34. The Morgan fingerprint density at radius 2 is 1.75 bits per heavy atom. The summed E-state index contributed by atoms with van der Waals surface area (Å²) >= 11 is 6.00. The smallest absolute Gasteiger partial charge is 0.243 e. The highest BCUT2D eigenvalue weighted by atomic mass is 35.5. The summed E-state index contributed by atoms with van der Waals surface area (Å²) in [6.45, 7) is 1.74. The van der Waals surface area contributed by atoms with Crippen molar-refractivity contribution in [2.45, 2.75) is 44.7 Å². The molecule has 0 spiro atoms. The van der Waals surface area contributed by atoms with Gasteiger partial charge in [0.1, 0.15) is 17.5 Å². The third-order valence-electron chi connectivity index (χ3n) is 6.07. The molecule has 2 aromatic carbocycles. The number of carbonyl (C=O) groups is 3. The fourth-order valence-corrected chi connectivity index (χ4v) is 5.28. The number of nitrogens with one attached hydrogen (secondary N) is 2. The monoisotopic (exact) mass is 533 g/mol. The number of fused-ring (bicyclic) bond motifs is 1. The molecule has 0 bridgehead atoms. The van der Waals surface area contributed by atoms with Gasteiger partial charge in [-0.3, -0.25) is 23.5 Å². The van der Waals surface area contributed by atoms with Crippen LogP contribution in [-0.2, 0) is 25.2 Å². The van der Waals surface area contributed by atoms with Crippen molar-refractivity contribution in [2.75, 3.05) is 28.5 Å². The van der Waals surface area contributed by atoms with Crippen LogP contribution in [0.1, 0.15) is 32.6 Å². The van der Waals surface area contributed by atoms with Crippen LogP contribution in [-0.4, -0.2) is 52.3 Å². The molecule has 3 amide bonds. The fourth-order valence-electron chi connectivity index (χ4n) is 4.27. The van der Waals surface area contributed by atoms with Crippen molar-refractivity contribution in [2.24, 2.45) is 0 Å². The van der Waals surface area contributed by atoms with Gasteiger partial charge in [0.2, 0.25) is 24.5 Å². The number of halogens is 1. The summed E-state index contributed by atoms with van der Waals surface area (Å²) in [5.41, 5.74) is 0.924. The van der Waals surface area contributed by atoms with Gasteiger partial charge in [-0.05, 0) is 56.2 Å². The largest absolute Gasteiger partial charge is 0.454 e. The van der Waals surface area contributed by atoms with E-state index in [0.29, 0.717) is 27.9 Å². The normalized spacial score (nSPS) is 16.3. The van der Waals surface area contributed by atoms with Gasteiger partial charge >= 0.3 is 0 Å². The Hall–Kier alpha value is -3.11. The van der Waals surface area contributed by atoms with Crippen LogP contribution in [0.5, 0.6) is 11.5 Å². The minimum absolute atomic E-state index is 0.0936. The molecule has 11 heteroatoms. The first-order valence-electron chi connectivity index (χ1n) is 11.7. The maximum atomic E-state index is 13.2. The molecule has 0 saturated heterocycles. The zero-order chi connectivity index (χ0) is 25.7. The first-order chi connectivity index (χ1) is 17.3. The third kappa shape index (κ3) is 6.55. The van der Waals surface area contributed by atoms with E-state index in [1.807, 2.05) is 0 Å². The summed E-state index contributed by atoms with van der Waals surface area (Å²) in [5.74, 6) is -1.03. The minimum Gasteiger partial charge on any atom is -0.454 e. The highest BCUT2D eigenvalue weighted by Gasteiger charge is 2.30. The summed E-state index contributed by atoms with van der Waals surface area (Å²) < 4.78 is 23.3. The lowest BCUT2D eigenvalue weighted by atomic mass is 10.1. The fraction of sp³-hybridized carbons (Fsp3) is 0.400. The molecule has 1 aliphatic carbocycles. The Morgan fingerprint density at radius 1 is 1.06 bits per heavy atom. The number of hydrogen-bond donors (Lipinski definition) is 2. The van der Waals surface area contributed by atoms with Crippen LogP contribution in [0.2, 0.25) is 5.02 Å². The molecule has 0 unspecified atom stereocenters. The van der Waals surface area contributed by atoms with Gasteiger partial charge in [0, 0.05) is 39.3 Å². The van der Waals surface area contributed by atoms with Gasteiger partial charge in [0.25, 0.3) is 0 Å². The van der Waals surface area contributed by atoms with E-state index in [1.54, 1.807) is 49.4 Å². The molecule has 1 aliphatic heterocycles. The van der Waals surface area contributed by atoms with Crippen molar-refractivity contribution in [1.82, 2.24) is 5.32 Å². The lowest BCUT2D eigenvalue weighted by Gasteiger charge is -2.29. The maximum absolute atomic E-state index is 13.2. The lowest BCUT2D eigenvalue weighted by Crippen LogP contribution is -2.51. The molecule has 1 saturated carbocycles. The molecule has 1 heterocycles. The number of amides is 3. The van der Waals surface area contributed by atoms with Crippen molar-refractivity contribution in [3.05, 3.63) is 47.5 Å². The molecule has 0 aromatic heterocycles. The molecule has 2 N–H and O–H groups in total. The van der Waals surface area contributed by atoms with E-state index in [-0.39, 0.29) is 24.5 Å². The van der Waals surface area contributed by atoms with Gasteiger partial charge in [-0.2, -0.15) is 0 Å². The average Bonchev–Trinajstić information content (AvgIpc) is 3.51. The quantitative estimate of drug-likeness (QED) is 0.511. The van der Waals surface area contributed by atoms with Gasteiger partial charge < -0.3 is 20.1 Å². The third-order valence-corrected chi connectivity index (χ3v) is 7.48. The molecule has 1 fully saturated rings. The van der Waals surface area contributed by atoms with E-state index in [0.717, 1.165) is 25.7 Å². The zero-order valence-corrected chi connectivity index (χ0v) is 21.4. The molecule has 2 aliphatic rings. The van der Waals surface area contributed by atoms with E-state index < -0.39 is 34.4 Å². The second-order valence-corrected chi connectivity index (χ2v) is 10.6. The van der Waals surface area contributed by atoms with Gasteiger partial charge in [-0.25, -0.2) is 0 Å². The molecule has 2 aromatic rings. The van der Waals surface area contributed by atoms with E-state index in [1.165, 1.54) is 4.90 Å². The molecule has 9 nitrogen and oxygen atoms in total. The summed E-state index contributed by atoms with van der Waals surface area (Å²) in [4.78, 5) is 39.9. The molecule has 4 rings (SSSR count). The molecule has 192 valence electrons. The Morgan fingerprint density at radius 3 is 2.47 bits per heavy atom. The summed E-state index contributed by atoms with van der Waals surface area (Å²) in [7, 11) is -1.80. The Kier molecular flexibility index (Phi) is 8.48. The first-order valence-corrected chi connectivity index (χ1v) is 13.6. The van der Waals surface area contributed by atoms with Gasteiger partial charge in [-0.15, -0.1) is 0 Å². The van der Waals surface area contributed by atoms with Crippen LogP contribution >= 0.6 is 11.6 Å². The zero-order valence-electron chi connectivity index (χ0n) is 19.8. The van der Waals surface area contributed by atoms with E-state index in [2.05, 4.69) is 10.6 Å². The van der Waals surface area contributed by atoms with Crippen LogP contribution < -0.4 is 25.0 Å². The number of anilines is 2. The van der Waals surface area contributed by atoms with Crippen molar-refractivity contribution in [3.8, 4) is 11.5 Å². The van der Waals surface area contributed by atoms with Crippen molar-refractivity contribution < 1.29 is 28.1 Å². The predicted octanol–water partition coefficient (Wildman–Crippen LogP) is 3.24. The summed E-state index contributed by atoms with van der Waals surface area (Å²) in [6.07, 6.45) is 3.95. The lowest BCUT2D eigenvalue weighted by molar-refractivity contribution is -0.125. The number of hydrogen-bond acceptors (Lipinski definition) is 6. The second kappa shape index (κ2) is 11.7. The standard InChI is InChI=1S/C25H28ClN3O6S/c1-16(25(32)28-18-4-2-3-5-18)29(20-9-6-17(26)7-10-20)24(31)14-36(33)13-23(30)27-19-8-11-21-22(12-19)35-15-34-21/h6-12,16,18H,2-5,13-15H2,1H3,(H,27,30)(H,28,32)/t16-,36+/m0/s1.